The van der Waals surface area contributed by atoms with Gasteiger partial charge in [-0.3, -0.25) is 4.79 Å². The van der Waals surface area contributed by atoms with Crippen molar-refractivity contribution in [2.75, 3.05) is 7.05 Å². The Labute approximate surface area is 47.1 Å². The normalized spacial score (nSPS) is 34.2. The molecule has 2 unspecified atom stereocenters. The van der Waals surface area contributed by atoms with E-state index in [1.165, 1.54) is 7.05 Å². The first-order chi connectivity index (χ1) is 3.75. The number of hydrogen-bond acceptors (Lipinski definition) is 1. The molecule has 1 N–H and O–H groups in total. The molecule has 1 fully saturated rings. The van der Waals surface area contributed by atoms with Crippen LogP contribution >= 0.6 is 0 Å². The summed E-state index contributed by atoms with van der Waals surface area (Å²) >= 11 is 0. The second kappa shape index (κ2) is 1.73. The number of alkyl halides is 1. The molecule has 0 aromatic heterocycles. The Balaban J connectivity index is 2.28. The summed E-state index contributed by atoms with van der Waals surface area (Å²) in [7, 11) is 1.52. The van der Waals surface area contributed by atoms with Gasteiger partial charge < -0.3 is 5.32 Å². The Morgan fingerprint density at radius 3 is 2.50 bits per heavy atom. The van der Waals surface area contributed by atoms with Crippen LogP contribution < -0.4 is 5.32 Å². The van der Waals surface area contributed by atoms with Gasteiger partial charge in [-0.15, -0.1) is 0 Å². The third-order valence-electron chi connectivity index (χ3n) is 1.30. The van der Waals surface area contributed by atoms with Crippen molar-refractivity contribution >= 4 is 5.91 Å². The molecule has 46 valence electrons. The topological polar surface area (TPSA) is 29.1 Å². The molecule has 3 heteroatoms. The molecule has 0 aromatic rings. The van der Waals surface area contributed by atoms with Crippen molar-refractivity contribution in [1.82, 2.24) is 5.32 Å². The van der Waals surface area contributed by atoms with E-state index in [1.54, 1.807) is 0 Å². The lowest BCUT2D eigenvalue weighted by atomic mass is 10.4. The molecule has 1 aliphatic carbocycles. The average Bonchev–Trinajstić information content (AvgIpc) is 2.45. The Bertz CT molecular complexity index is 115. The molecule has 1 amide bonds. The van der Waals surface area contributed by atoms with Gasteiger partial charge in [0.15, 0.2) is 0 Å². The molecule has 2 nitrogen and oxygen atoms in total. The molecular weight excluding hydrogens is 109 g/mol. The van der Waals surface area contributed by atoms with Crippen molar-refractivity contribution in [3.05, 3.63) is 0 Å². The number of amides is 1. The van der Waals surface area contributed by atoms with E-state index in [4.69, 9.17) is 0 Å². The van der Waals surface area contributed by atoms with Gasteiger partial charge in [0.2, 0.25) is 5.91 Å². The van der Waals surface area contributed by atoms with Crippen LogP contribution in [-0.4, -0.2) is 19.1 Å². The molecule has 0 heterocycles. The van der Waals surface area contributed by atoms with Gasteiger partial charge in [-0.1, -0.05) is 0 Å². The van der Waals surface area contributed by atoms with E-state index >= 15 is 0 Å². The lowest BCUT2D eigenvalue weighted by Gasteiger charge is -1.90. The van der Waals surface area contributed by atoms with Gasteiger partial charge in [0.25, 0.3) is 0 Å². The monoisotopic (exact) mass is 117 g/mol. The molecule has 1 rings (SSSR count). The van der Waals surface area contributed by atoms with Crippen molar-refractivity contribution in [2.24, 2.45) is 5.92 Å². The van der Waals surface area contributed by atoms with Crippen LogP contribution in [0.5, 0.6) is 0 Å². The molecule has 0 spiro atoms. The smallest absolute Gasteiger partial charge is 0.225 e. The van der Waals surface area contributed by atoms with Gasteiger partial charge in [-0.05, 0) is 6.42 Å². The second-order valence-corrected chi connectivity index (χ2v) is 1.97. The molecule has 0 aliphatic heterocycles. The molecule has 1 saturated carbocycles. The largest absolute Gasteiger partial charge is 0.359 e. The molecule has 0 saturated heterocycles. The van der Waals surface area contributed by atoms with Crippen LogP contribution in [0.1, 0.15) is 6.42 Å². The summed E-state index contributed by atoms with van der Waals surface area (Å²) in [5, 5.41) is 2.38. The summed E-state index contributed by atoms with van der Waals surface area (Å²) in [6.07, 6.45) is -0.449. The predicted molar refractivity (Wildman–Crippen MR) is 27.1 cm³/mol. The van der Waals surface area contributed by atoms with Crippen LogP contribution in [0.25, 0.3) is 0 Å². The van der Waals surface area contributed by atoms with Crippen molar-refractivity contribution in [1.29, 1.82) is 0 Å². The van der Waals surface area contributed by atoms with Crippen LogP contribution in [0.3, 0.4) is 0 Å². The molecule has 1 aliphatic rings. The van der Waals surface area contributed by atoms with Crippen LogP contribution in [0.2, 0.25) is 0 Å². The highest BCUT2D eigenvalue weighted by atomic mass is 19.1. The number of carbonyl (C=O) groups is 1. The fraction of sp³-hybridized carbons (Fsp3) is 0.800. The molecule has 0 bridgehead atoms. The minimum Gasteiger partial charge on any atom is -0.359 e. The van der Waals surface area contributed by atoms with E-state index in [1.807, 2.05) is 0 Å². The van der Waals surface area contributed by atoms with Crippen LogP contribution in [0, 0.1) is 5.92 Å². The Morgan fingerprint density at radius 1 is 1.88 bits per heavy atom. The van der Waals surface area contributed by atoms with E-state index in [9.17, 15) is 9.18 Å². The third kappa shape index (κ3) is 0.804. The van der Waals surface area contributed by atoms with Crippen molar-refractivity contribution in [3.63, 3.8) is 0 Å². The Kier molecular flexibility index (Phi) is 1.19. The molecule has 0 aromatic carbocycles. The highest BCUT2D eigenvalue weighted by molar-refractivity contribution is 5.81. The molecule has 0 radical (unpaired) electrons. The van der Waals surface area contributed by atoms with Gasteiger partial charge in [0, 0.05) is 7.05 Å². The van der Waals surface area contributed by atoms with Gasteiger partial charge in [0.1, 0.15) is 6.17 Å². The Hall–Kier alpha value is -0.600. The lowest BCUT2D eigenvalue weighted by molar-refractivity contribution is -0.122. The molecule has 8 heavy (non-hydrogen) atoms. The quantitative estimate of drug-likeness (QED) is 0.518. The first-order valence-electron chi connectivity index (χ1n) is 2.61. The summed E-state index contributed by atoms with van der Waals surface area (Å²) < 4.78 is 12.0. The van der Waals surface area contributed by atoms with Crippen LogP contribution in [0.4, 0.5) is 4.39 Å². The zero-order valence-electron chi connectivity index (χ0n) is 4.65. The third-order valence-corrected chi connectivity index (χ3v) is 1.30. The van der Waals surface area contributed by atoms with E-state index in [0.29, 0.717) is 6.42 Å². The SMILES string of the molecule is CNC(=O)C1CC1F. The van der Waals surface area contributed by atoms with Crippen molar-refractivity contribution in [3.8, 4) is 0 Å². The summed E-state index contributed by atoms with van der Waals surface area (Å²) in [5.41, 5.74) is 0. The van der Waals surface area contributed by atoms with Crippen LogP contribution in [0.15, 0.2) is 0 Å². The lowest BCUT2D eigenvalue weighted by Crippen LogP contribution is -2.20. The van der Waals surface area contributed by atoms with Crippen molar-refractivity contribution < 1.29 is 9.18 Å². The number of nitrogens with one attached hydrogen (secondary N) is 1. The van der Waals surface area contributed by atoms with E-state index in [-0.39, 0.29) is 11.8 Å². The van der Waals surface area contributed by atoms with E-state index in [2.05, 4.69) is 5.32 Å². The number of rotatable bonds is 1. The van der Waals surface area contributed by atoms with Gasteiger partial charge in [0.05, 0.1) is 5.92 Å². The number of halogens is 1. The zero-order chi connectivity index (χ0) is 6.15. The maximum Gasteiger partial charge on any atom is 0.225 e. The predicted octanol–water partition coefficient (Wildman–Crippen LogP) is 0.0904. The Morgan fingerprint density at radius 2 is 2.38 bits per heavy atom. The summed E-state index contributed by atoms with van der Waals surface area (Å²) in [5.74, 6) is -0.502. The molecule has 2 atom stereocenters. The zero-order valence-corrected chi connectivity index (χ0v) is 4.65. The number of hydrogen-bond donors (Lipinski definition) is 1. The number of carbonyl (C=O) groups excluding carboxylic acids is 1. The first kappa shape index (κ1) is 5.54. The average molecular weight is 117 g/mol. The minimum atomic E-state index is -0.866. The highest BCUT2D eigenvalue weighted by Gasteiger charge is 2.42. The highest BCUT2D eigenvalue weighted by Crippen LogP contribution is 2.33. The van der Waals surface area contributed by atoms with Crippen molar-refractivity contribution in [2.45, 2.75) is 12.6 Å². The van der Waals surface area contributed by atoms with Gasteiger partial charge in [-0.25, -0.2) is 4.39 Å². The summed E-state index contributed by atoms with van der Waals surface area (Å²) in [6.45, 7) is 0. The fourth-order valence-corrected chi connectivity index (χ4v) is 0.621. The molecular formula is C5H8FNO. The second-order valence-electron chi connectivity index (χ2n) is 1.97. The first-order valence-corrected chi connectivity index (χ1v) is 2.61. The summed E-state index contributed by atoms with van der Waals surface area (Å²) in [6, 6.07) is 0. The van der Waals surface area contributed by atoms with E-state index in [0.717, 1.165) is 0 Å². The fourth-order valence-electron chi connectivity index (χ4n) is 0.621. The van der Waals surface area contributed by atoms with Crippen LogP contribution in [-0.2, 0) is 4.79 Å². The van der Waals surface area contributed by atoms with E-state index < -0.39 is 6.17 Å². The van der Waals surface area contributed by atoms with Gasteiger partial charge >= 0.3 is 0 Å². The maximum absolute atomic E-state index is 12.0. The maximum atomic E-state index is 12.0. The summed E-state index contributed by atoms with van der Waals surface area (Å²) in [4.78, 5) is 10.4. The minimum absolute atomic E-state index is 0.169. The standard InChI is InChI=1S/C5H8FNO/c1-7-5(8)3-2-4(3)6/h3-4H,2H2,1H3,(H,7,8). The van der Waals surface area contributed by atoms with Gasteiger partial charge in [-0.2, -0.15) is 0 Å².